The van der Waals surface area contributed by atoms with Crippen LogP contribution in [0.3, 0.4) is 0 Å². The van der Waals surface area contributed by atoms with Gasteiger partial charge in [0, 0.05) is 5.69 Å². The second kappa shape index (κ2) is 9.09. The highest BCUT2D eigenvalue weighted by Gasteiger charge is 2.20. The summed E-state index contributed by atoms with van der Waals surface area (Å²) < 4.78 is 15.8. The zero-order chi connectivity index (χ0) is 20.0. The third kappa shape index (κ3) is 4.59. The lowest BCUT2D eigenvalue weighted by Crippen LogP contribution is -2.44. The Morgan fingerprint density at radius 1 is 0.926 bits per heavy atom. The Morgan fingerprint density at radius 2 is 1.63 bits per heavy atom. The molecular formula is C19H23N3O4S. The highest BCUT2D eigenvalue weighted by atomic mass is 32.1. The van der Waals surface area contributed by atoms with E-state index in [-0.39, 0.29) is 16.4 Å². The van der Waals surface area contributed by atoms with Gasteiger partial charge in [0.2, 0.25) is 5.75 Å². The molecule has 1 amide bonds. The molecule has 0 heterocycles. The average Bonchev–Trinajstić information content (AvgIpc) is 2.68. The van der Waals surface area contributed by atoms with Crippen LogP contribution in [0.4, 0.5) is 5.69 Å². The summed E-state index contributed by atoms with van der Waals surface area (Å²) in [6.07, 6.45) is 0. The second-order valence-electron chi connectivity index (χ2n) is 5.66. The number of thiocarbonyl (C=S) groups is 1. The van der Waals surface area contributed by atoms with E-state index in [9.17, 15) is 4.79 Å². The number of anilines is 1. The van der Waals surface area contributed by atoms with Crippen LogP contribution in [0.5, 0.6) is 17.2 Å². The summed E-state index contributed by atoms with van der Waals surface area (Å²) in [7, 11) is 4.44. The van der Waals surface area contributed by atoms with Crippen molar-refractivity contribution in [3.8, 4) is 17.2 Å². The smallest absolute Gasteiger partial charge is 0.273 e. The van der Waals surface area contributed by atoms with Gasteiger partial charge in [0.15, 0.2) is 16.6 Å². The van der Waals surface area contributed by atoms with Crippen molar-refractivity contribution < 1.29 is 19.0 Å². The van der Waals surface area contributed by atoms with Gasteiger partial charge in [-0.05, 0) is 55.4 Å². The summed E-state index contributed by atoms with van der Waals surface area (Å²) in [6.45, 7) is 4.01. The molecule has 0 saturated heterocycles. The van der Waals surface area contributed by atoms with Gasteiger partial charge >= 0.3 is 0 Å². The predicted octanol–water partition coefficient (Wildman–Crippen LogP) is 2.96. The molecule has 2 rings (SSSR count). The van der Waals surface area contributed by atoms with Crippen LogP contribution in [-0.2, 0) is 0 Å². The Labute approximate surface area is 164 Å². The maximum Gasteiger partial charge on any atom is 0.273 e. The number of ether oxygens (including phenoxy) is 3. The van der Waals surface area contributed by atoms with E-state index in [0.29, 0.717) is 11.5 Å². The van der Waals surface area contributed by atoms with E-state index < -0.39 is 5.91 Å². The van der Waals surface area contributed by atoms with Crippen molar-refractivity contribution in [1.82, 2.24) is 10.9 Å². The Kier molecular flexibility index (Phi) is 6.84. The predicted molar refractivity (Wildman–Crippen MR) is 109 cm³/mol. The van der Waals surface area contributed by atoms with Gasteiger partial charge in [-0.3, -0.25) is 15.6 Å². The Hall–Kier alpha value is -3.00. The SMILES string of the molecule is COc1ccc(C(=O)NNC(=S)Nc2cccc(C)c2C)c(OC)c1OC. The Morgan fingerprint density at radius 3 is 2.26 bits per heavy atom. The van der Waals surface area contributed by atoms with Gasteiger partial charge in [0.25, 0.3) is 5.91 Å². The molecule has 0 bridgehead atoms. The zero-order valence-corrected chi connectivity index (χ0v) is 16.7. The number of hydrogen-bond acceptors (Lipinski definition) is 5. The number of hydrogen-bond donors (Lipinski definition) is 3. The summed E-state index contributed by atoms with van der Waals surface area (Å²) in [5.41, 5.74) is 8.59. The molecule has 0 aliphatic heterocycles. The van der Waals surface area contributed by atoms with Crippen LogP contribution in [0.1, 0.15) is 21.5 Å². The zero-order valence-electron chi connectivity index (χ0n) is 15.9. The number of benzene rings is 2. The average molecular weight is 389 g/mol. The molecule has 0 unspecified atom stereocenters. The number of methoxy groups -OCH3 is 3. The van der Waals surface area contributed by atoms with Crippen molar-refractivity contribution in [2.45, 2.75) is 13.8 Å². The first kappa shape index (κ1) is 20.3. The van der Waals surface area contributed by atoms with E-state index in [1.54, 1.807) is 12.1 Å². The van der Waals surface area contributed by atoms with Crippen LogP contribution in [0, 0.1) is 13.8 Å². The van der Waals surface area contributed by atoms with Gasteiger partial charge in [-0.2, -0.15) is 0 Å². The molecule has 0 aliphatic carbocycles. The van der Waals surface area contributed by atoms with Gasteiger partial charge in [-0.25, -0.2) is 0 Å². The number of hydrazine groups is 1. The first-order valence-corrected chi connectivity index (χ1v) is 8.56. The van der Waals surface area contributed by atoms with Crippen molar-refractivity contribution in [1.29, 1.82) is 0 Å². The highest BCUT2D eigenvalue weighted by molar-refractivity contribution is 7.80. The molecule has 2 aromatic rings. The standard InChI is InChI=1S/C19H23N3O4S/c1-11-7-6-8-14(12(11)2)20-19(27)22-21-18(23)13-9-10-15(24-3)17(26-5)16(13)25-4/h6-10H,1-5H3,(H,21,23)(H2,20,22,27). The van der Waals surface area contributed by atoms with Crippen LogP contribution < -0.4 is 30.4 Å². The van der Waals surface area contributed by atoms with Crippen LogP contribution in [0.15, 0.2) is 30.3 Å². The fourth-order valence-electron chi connectivity index (χ4n) is 2.50. The third-order valence-corrected chi connectivity index (χ3v) is 4.30. The highest BCUT2D eigenvalue weighted by Crippen LogP contribution is 2.39. The lowest BCUT2D eigenvalue weighted by molar-refractivity contribution is 0.0940. The van der Waals surface area contributed by atoms with Crippen LogP contribution in [0.25, 0.3) is 0 Å². The minimum atomic E-state index is -0.432. The molecule has 7 nitrogen and oxygen atoms in total. The number of rotatable bonds is 5. The minimum absolute atomic E-state index is 0.261. The lowest BCUT2D eigenvalue weighted by Gasteiger charge is -2.17. The van der Waals surface area contributed by atoms with Crippen molar-refractivity contribution in [3.05, 3.63) is 47.0 Å². The second-order valence-corrected chi connectivity index (χ2v) is 6.07. The van der Waals surface area contributed by atoms with Gasteiger partial charge in [-0.1, -0.05) is 12.1 Å². The minimum Gasteiger partial charge on any atom is -0.493 e. The van der Waals surface area contributed by atoms with E-state index in [2.05, 4.69) is 16.2 Å². The van der Waals surface area contributed by atoms with Crippen molar-refractivity contribution in [3.63, 3.8) is 0 Å². The number of carbonyl (C=O) groups is 1. The number of carbonyl (C=O) groups excluding carboxylic acids is 1. The summed E-state index contributed by atoms with van der Waals surface area (Å²) in [4.78, 5) is 12.5. The van der Waals surface area contributed by atoms with Crippen LogP contribution >= 0.6 is 12.2 Å². The van der Waals surface area contributed by atoms with Crippen molar-refractivity contribution >= 4 is 28.9 Å². The molecule has 8 heteroatoms. The first-order valence-electron chi connectivity index (χ1n) is 8.15. The van der Waals surface area contributed by atoms with Gasteiger partial charge in [0.05, 0.1) is 26.9 Å². The summed E-state index contributed by atoms with van der Waals surface area (Å²) in [5.74, 6) is 0.636. The molecule has 0 aromatic heterocycles. The molecular weight excluding hydrogens is 366 g/mol. The van der Waals surface area contributed by atoms with Gasteiger partial charge in [-0.15, -0.1) is 0 Å². The molecule has 2 aromatic carbocycles. The molecule has 0 fully saturated rings. The molecule has 0 saturated carbocycles. The molecule has 0 radical (unpaired) electrons. The maximum absolute atomic E-state index is 12.5. The fourth-order valence-corrected chi connectivity index (χ4v) is 2.66. The van der Waals surface area contributed by atoms with E-state index >= 15 is 0 Å². The van der Waals surface area contributed by atoms with E-state index in [0.717, 1.165) is 16.8 Å². The third-order valence-electron chi connectivity index (χ3n) is 4.09. The van der Waals surface area contributed by atoms with Crippen LogP contribution in [-0.4, -0.2) is 32.3 Å². The monoisotopic (exact) mass is 389 g/mol. The Balaban J connectivity index is 2.09. The molecule has 0 spiro atoms. The van der Waals surface area contributed by atoms with Crippen molar-refractivity contribution in [2.75, 3.05) is 26.6 Å². The molecule has 3 N–H and O–H groups in total. The quantitative estimate of drug-likeness (QED) is 0.536. The molecule has 0 aliphatic rings. The van der Waals surface area contributed by atoms with E-state index in [4.69, 9.17) is 26.4 Å². The topological polar surface area (TPSA) is 80.9 Å². The number of aryl methyl sites for hydroxylation is 1. The summed E-state index contributed by atoms with van der Waals surface area (Å²) in [5, 5.41) is 3.32. The largest absolute Gasteiger partial charge is 0.493 e. The van der Waals surface area contributed by atoms with Crippen molar-refractivity contribution in [2.24, 2.45) is 0 Å². The van der Waals surface area contributed by atoms with Gasteiger partial charge < -0.3 is 19.5 Å². The molecule has 144 valence electrons. The number of nitrogens with one attached hydrogen (secondary N) is 3. The maximum atomic E-state index is 12.5. The summed E-state index contributed by atoms with van der Waals surface area (Å²) >= 11 is 5.24. The lowest BCUT2D eigenvalue weighted by atomic mass is 10.1. The first-order chi connectivity index (χ1) is 12.9. The fraction of sp³-hybridized carbons (Fsp3) is 0.263. The Bertz CT molecular complexity index is 855. The van der Waals surface area contributed by atoms with Gasteiger partial charge in [0.1, 0.15) is 0 Å². The summed E-state index contributed by atoms with van der Waals surface area (Å²) in [6, 6.07) is 9.07. The normalized spacial score (nSPS) is 9.96. The van der Waals surface area contributed by atoms with E-state index in [1.165, 1.54) is 21.3 Å². The molecule has 27 heavy (non-hydrogen) atoms. The van der Waals surface area contributed by atoms with Crippen LogP contribution in [0.2, 0.25) is 0 Å². The number of amides is 1. The molecule has 0 atom stereocenters. The van der Waals surface area contributed by atoms with E-state index in [1.807, 2.05) is 32.0 Å².